The Balaban J connectivity index is 0. The third-order valence-electron chi connectivity index (χ3n) is 0.693. The second-order valence-corrected chi connectivity index (χ2v) is 1.24. The maximum absolute atomic E-state index is 9.66. The minimum atomic E-state index is 0. The van der Waals surface area contributed by atoms with Crippen LogP contribution in [0.15, 0.2) is 12.7 Å². The molecule has 1 aromatic rings. The molecule has 11 heavy (non-hydrogen) atoms. The molecule has 0 amide bonds. The van der Waals surface area contributed by atoms with Crippen molar-refractivity contribution in [2.45, 2.75) is 6.54 Å². The first kappa shape index (κ1) is 13.5. The second kappa shape index (κ2) is 9.87. The fourth-order valence-corrected chi connectivity index (χ4v) is 0.381. The summed E-state index contributed by atoms with van der Waals surface area (Å²) in [4.78, 5) is 13.3. The topological polar surface area (TPSA) is 68.0 Å². The normalized spacial score (nSPS) is 7.09. The number of rotatable bonds is 2. The minimum Gasteiger partial charge on any atom is -0.540 e. The molecule has 0 aromatic carbocycles. The molecule has 5 nitrogen and oxygen atoms in total. The summed E-state index contributed by atoms with van der Waals surface area (Å²) in [7, 11) is 1.00. The summed E-state index contributed by atoms with van der Waals surface area (Å²) in [6.07, 6.45) is 4.52. The van der Waals surface area contributed by atoms with Gasteiger partial charge in [-0.1, -0.05) is 6.54 Å². The van der Waals surface area contributed by atoms with Gasteiger partial charge in [0.25, 0.3) is 0 Å². The summed E-state index contributed by atoms with van der Waals surface area (Å²) in [5.74, 6) is 0. The van der Waals surface area contributed by atoms with Crippen LogP contribution >= 0.6 is 0 Å². The number of aromatic nitrogens is 3. The van der Waals surface area contributed by atoms with Gasteiger partial charge in [0.05, 0.1) is 0 Å². The first-order valence-corrected chi connectivity index (χ1v) is 2.55. The molecule has 0 aliphatic rings. The van der Waals surface area contributed by atoms with Gasteiger partial charge in [-0.25, -0.2) is 11.3 Å². The van der Waals surface area contributed by atoms with E-state index < -0.39 is 0 Å². The summed E-state index contributed by atoms with van der Waals surface area (Å²) in [5.41, 5.74) is 0. The van der Waals surface area contributed by atoms with E-state index in [9.17, 15) is 4.79 Å². The molecule has 0 spiro atoms. The Bertz CT molecular complexity index is 166. The second-order valence-electron chi connectivity index (χ2n) is 1.24. The quantitative estimate of drug-likeness (QED) is 0.662. The number of carbonyl (C=O) groups excluding carboxylic acids is 1. The Morgan fingerprint density at radius 1 is 1.64 bits per heavy atom. The van der Waals surface area contributed by atoms with E-state index in [2.05, 4.69) is 10.1 Å². The third-order valence-corrected chi connectivity index (χ3v) is 0.693. The van der Waals surface area contributed by atoms with Crippen LogP contribution in [-0.4, -0.2) is 33.3 Å². The van der Waals surface area contributed by atoms with Crippen LogP contribution in [0.3, 0.4) is 0 Å². The van der Waals surface area contributed by atoms with Gasteiger partial charge in [0.15, 0.2) is 0 Å². The van der Waals surface area contributed by atoms with Crippen molar-refractivity contribution in [1.82, 2.24) is 14.8 Å². The summed E-state index contributed by atoms with van der Waals surface area (Å²) in [6, 6.07) is 0. The van der Waals surface area contributed by atoms with Gasteiger partial charge in [-0.2, -0.15) is 5.10 Å². The van der Waals surface area contributed by atoms with E-state index in [1.54, 1.807) is 6.29 Å². The van der Waals surface area contributed by atoms with Crippen LogP contribution in [0, 0.1) is 0 Å². The van der Waals surface area contributed by atoms with E-state index in [1.807, 2.05) is 0 Å². The van der Waals surface area contributed by atoms with Crippen LogP contribution < -0.4 is 0 Å². The molecular formula is C5H8N3O2Y-. The van der Waals surface area contributed by atoms with Crippen molar-refractivity contribution in [2.24, 2.45) is 0 Å². The summed E-state index contributed by atoms with van der Waals surface area (Å²) in [6.45, 7) is 0.167. The van der Waals surface area contributed by atoms with Gasteiger partial charge in [-0.15, -0.1) is 0 Å². The van der Waals surface area contributed by atoms with E-state index in [4.69, 9.17) is 5.11 Å². The molecule has 6 heteroatoms. The van der Waals surface area contributed by atoms with Crippen molar-refractivity contribution >= 4 is 6.29 Å². The van der Waals surface area contributed by atoms with Gasteiger partial charge in [0.1, 0.15) is 12.7 Å². The predicted molar refractivity (Wildman–Crippen MR) is 33.9 cm³/mol. The zero-order valence-corrected chi connectivity index (χ0v) is 8.97. The summed E-state index contributed by atoms with van der Waals surface area (Å²) in [5, 5.41) is 10.6. The van der Waals surface area contributed by atoms with Crippen LogP contribution in [-0.2, 0) is 44.0 Å². The number of nitrogens with zero attached hydrogens (tertiary/aromatic N) is 3. The molecule has 1 rings (SSSR count). The molecule has 0 atom stereocenters. The van der Waals surface area contributed by atoms with E-state index in [0.717, 1.165) is 7.11 Å². The Morgan fingerprint density at radius 2 is 2.27 bits per heavy atom. The van der Waals surface area contributed by atoms with Gasteiger partial charge >= 0.3 is 0 Å². The molecule has 1 aromatic heterocycles. The molecule has 0 aliphatic heterocycles. The van der Waals surface area contributed by atoms with Crippen molar-refractivity contribution in [2.75, 3.05) is 7.11 Å². The van der Waals surface area contributed by atoms with Crippen molar-refractivity contribution in [3.05, 3.63) is 12.7 Å². The van der Waals surface area contributed by atoms with E-state index in [1.165, 1.54) is 17.3 Å². The number of aliphatic hydroxyl groups excluding tert-OH is 1. The molecule has 1 N–H and O–H groups in total. The van der Waals surface area contributed by atoms with Crippen molar-refractivity contribution < 1.29 is 42.6 Å². The first-order valence-electron chi connectivity index (χ1n) is 2.55. The third kappa shape index (κ3) is 6.28. The Labute approximate surface area is 89.7 Å². The SMILES string of the molecule is CO.O=[C-]Cn1cncn1.[Y]. The fraction of sp³-hybridized carbons (Fsp3) is 0.400. The standard InChI is InChI=1S/C4H4N3O.CH4O.Y/c8-2-1-7-4-5-3-6-7;1-2;/h3-4H,1H2;2H,1H3;/q-1;;. The van der Waals surface area contributed by atoms with E-state index in [0.29, 0.717) is 0 Å². The predicted octanol–water partition coefficient (Wildman–Crippen LogP) is -1.01. The molecule has 0 aliphatic carbocycles. The van der Waals surface area contributed by atoms with Gasteiger partial charge in [0.2, 0.25) is 0 Å². The van der Waals surface area contributed by atoms with Crippen LogP contribution in [0.25, 0.3) is 0 Å². The van der Waals surface area contributed by atoms with E-state index in [-0.39, 0.29) is 39.3 Å². The van der Waals surface area contributed by atoms with Crippen molar-refractivity contribution in [3.8, 4) is 0 Å². The van der Waals surface area contributed by atoms with E-state index >= 15 is 0 Å². The van der Waals surface area contributed by atoms with Gasteiger partial charge < -0.3 is 9.90 Å². The maximum Gasteiger partial charge on any atom is 0.137 e. The number of hydrogen-bond donors (Lipinski definition) is 1. The number of hydrogen-bond acceptors (Lipinski definition) is 4. The Hall–Kier alpha value is -0.126. The van der Waals surface area contributed by atoms with Crippen molar-refractivity contribution in [1.29, 1.82) is 0 Å². The monoisotopic (exact) mass is 231 g/mol. The van der Waals surface area contributed by atoms with Gasteiger partial charge in [0, 0.05) is 39.8 Å². The van der Waals surface area contributed by atoms with Crippen LogP contribution in [0.4, 0.5) is 0 Å². The Kier molecular flexibility index (Phi) is 12.1. The summed E-state index contributed by atoms with van der Waals surface area (Å²) >= 11 is 0. The summed E-state index contributed by atoms with van der Waals surface area (Å²) < 4.78 is 1.40. The number of aliphatic hydroxyl groups is 1. The molecule has 0 saturated carbocycles. The van der Waals surface area contributed by atoms with Gasteiger partial charge in [-0.05, 0) is 0 Å². The van der Waals surface area contributed by atoms with Crippen molar-refractivity contribution in [3.63, 3.8) is 0 Å². The zero-order valence-electron chi connectivity index (χ0n) is 6.14. The molecule has 0 bridgehead atoms. The molecule has 59 valence electrons. The zero-order chi connectivity index (χ0) is 7.82. The molecule has 0 fully saturated rings. The molecular weight excluding hydrogens is 223 g/mol. The molecule has 1 heterocycles. The van der Waals surface area contributed by atoms with Crippen LogP contribution in [0.5, 0.6) is 0 Å². The molecule has 0 unspecified atom stereocenters. The minimum absolute atomic E-state index is 0. The smallest absolute Gasteiger partial charge is 0.137 e. The average molecular weight is 231 g/mol. The molecule has 0 saturated heterocycles. The molecule has 1 radical (unpaired) electrons. The van der Waals surface area contributed by atoms with Crippen LogP contribution in [0.2, 0.25) is 0 Å². The van der Waals surface area contributed by atoms with Gasteiger partial charge in [-0.3, -0.25) is 4.68 Å². The maximum atomic E-state index is 9.66. The fourth-order valence-electron chi connectivity index (χ4n) is 0.381. The largest absolute Gasteiger partial charge is 0.540 e. The Morgan fingerprint density at radius 3 is 2.64 bits per heavy atom. The first-order chi connectivity index (χ1) is 4.93. The van der Waals surface area contributed by atoms with Crippen LogP contribution in [0.1, 0.15) is 0 Å². The average Bonchev–Trinajstić information content (AvgIpc) is 2.46.